The highest BCUT2D eigenvalue weighted by Gasteiger charge is 2.14. The van der Waals surface area contributed by atoms with Crippen LogP contribution in [0.5, 0.6) is 5.75 Å². The largest absolute Gasteiger partial charge is 0.434 e. The summed E-state index contributed by atoms with van der Waals surface area (Å²) in [6, 6.07) is 4.23. The van der Waals surface area contributed by atoms with Crippen molar-refractivity contribution in [1.29, 1.82) is 0 Å². The van der Waals surface area contributed by atoms with Gasteiger partial charge in [0, 0.05) is 22.8 Å². The Balaban J connectivity index is 2.10. The Morgan fingerprint density at radius 1 is 1.52 bits per heavy atom. The van der Waals surface area contributed by atoms with Gasteiger partial charge in [0.1, 0.15) is 5.75 Å². The maximum absolute atomic E-state index is 12.3. The van der Waals surface area contributed by atoms with Gasteiger partial charge in [0.2, 0.25) is 0 Å². The fraction of sp³-hybridized carbons (Fsp3) is 0.231. The van der Waals surface area contributed by atoms with E-state index >= 15 is 0 Å². The summed E-state index contributed by atoms with van der Waals surface area (Å²) in [6.07, 6.45) is 1.39. The number of aromatic nitrogens is 2. The number of rotatable bonds is 5. The van der Waals surface area contributed by atoms with E-state index in [4.69, 9.17) is 11.6 Å². The molecule has 21 heavy (non-hydrogen) atoms. The summed E-state index contributed by atoms with van der Waals surface area (Å²) in [5, 5.41) is 9.34. The van der Waals surface area contributed by atoms with E-state index in [2.05, 4.69) is 20.3 Å². The Hall–Kier alpha value is -2.15. The van der Waals surface area contributed by atoms with Gasteiger partial charge in [-0.15, -0.1) is 0 Å². The standard InChI is InChI=1S/C13H12ClF2N3O2/c1-7-10(6-18-19-7)12(20)17-5-8-4-9(14)2-3-11(8)21-13(15)16/h2-4,6,13H,5H2,1H3,(H,17,20)(H,18,19). The first-order valence-electron chi connectivity index (χ1n) is 5.98. The average Bonchev–Trinajstić information content (AvgIpc) is 2.84. The second-order valence-electron chi connectivity index (χ2n) is 4.22. The van der Waals surface area contributed by atoms with Crippen molar-refractivity contribution in [1.82, 2.24) is 15.5 Å². The van der Waals surface area contributed by atoms with Crippen LogP contribution in [0.4, 0.5) is 8.78 Å². The number of carbonyl (C=O) groups excluding carboxylic acids is 1. The molecule has 2 rings (SSSR count). The van der Waals surface area contributed by atoms with Gasteiger partial charge in [-0.25, -0.2) is 0 Å². The van der Waals surface area contributed by atoms with Crippen LogP contribution in [-0.2, 0) is 6.54 Å². The zero-order valence-corrected chi connectivity index (χ0v) is 11.7. The summed E-state index contributed by atoms with van der Waals surface area (Å²) >= 11 is 5.82. The Morgan fingerprint density at radius 3 is 2.90 bits per heavy atom. The molecule has 0 bridgehead atoms. The highest BCUT2D eigenvalue weighted by molar-refractivity contribution is 6.30. The number of aryl methyl sites for hydroxylation is 1. The first-order valence-corrected chi connectivity index (χ1v) is 6.36. The van der Waals surface area contributed by atoms with E-state index in [1.807, 2.05) is 0 Å². The van der Waals surface area contributed by atoms with Crippen molar-refractivity contribution in [2.24, 2.45) is 0 Å². The molecule has 1 amide bonds. The van der Waals surface area contributed by atoms with Gasteiger partial charge in [-0.05, 0) is 25.1 Å². The monoisotopic (exact) mass is 315 g/mol. The highest BCUT2D eigenvalue weighted by Crippen LogP contribution is 2.24. The van der Waals surface area contributed by atoms with Crippen molar-refractivity contribution < 1.29 is 18.3 Å². The summed E-state index contributed by atoms with van der Waals surface area (Å²) in [6.45, 7) is -1.24. The molecule has 0 aliphatic rings. The lowest BCUT2D eigenvalue weighted by Gasteiger charge is -2.12. The number of benzene rings is 1. The zero-order valence-electron chi connectivity index (χ0n) is 11.0. The average molecular weight is 316 g/mol. The molecule has 0 aliphatic heterocycles. The van der Waals surface area contributed by atoms with E-state index in [1.54, 1.807) is 6.92 Å². The topological polar surface area (TPSA) is 67.0 Å². The van der Waals surface area contributed by atoms with Crippen molar-refractivity contribution in [3.05, 3.63) is 46.2 Å². The minimum Gasteiger partial charge on any atom is -0.434 e. The summed E-state index contributed by atoms with van der Waals surface area (Å²) < 4.78 is 29.0. The van der Waals surface area contributed by atoms with E-state index < -0.39 is 6.61 Å². The zero-order chi connectivity index (χ0) is 15.4. The minimum absolute atomic E-state index is 0.00602. The SMILES string of the molecule is Cc1[nH]ncc1C(=O)NCc1cc(Cl)ccc1OC(F)F. The number of H-pyrrole nitrogens is 1. The number of nitrogens with one attached hydrogen (secondary N) is 2. The molecule has 8 heteroatoms. The number of nitrogens with zero attached hydrogens (tertiary/aromatic N) is 1. The molecule has 2 N–H and O–H groups in total. The number of alkyl halides is 2. The van der Waals surface area contributed by atoms with Crippen molar-refractivity contribution in [3.63, 3.8) is 0 Å². The summed E-state index contributed by atoms with van der Waals surface area (Å²) in [4.78, 5) is 11.9. The van der Waals surface area contributed by atoms with Gasteiger partial charge in [-0.3, -0.25) is 9.89 Å². The molecule has 0 fully saturated rings. The molecule has 0 unspecified atom stereocenters. The van der Waals surface area contributed by atoms with Crippen molar-refractivity contribution in [2.75, 3.05) is 0 Å². The van der Waals surface area contributed by atoms with E-state index in [-0.39, 0.29) is 18.2 Å². The minimum atomic E-state index is -2.95. The number of ether oxygens (including phenoxy) is 1. The van der Waals surface area contributed by atoms with Crippen LogP contribution in [0.1, 0.15) is 21.6 Å². The molecule has 5 nitrogen and oxygen atoms in total. The third kappa shape index (κ3) is 3.91. The van der Waals surface area contributed by atoms with E-state index in [1.165, 1.54) is 24.4 Å². The summed E-state index contributed by atoms with van der Waals surface area (Å²) in [7, 11) is 0. The Kier molecular flexibility index (Phi) is 4.74. The predicted octanol–water partition coefficient (Wildman–Crippen LogP) is 2.90. The third-order valence-corrected chi connectivity index (χ3v) is 2.99. The molecule has 112 valence electrons. The van der Waals surface area contributed by atoms with Crippen LogP contribution >= 0.6 is 11.6 Å². The lowest BCUT2D eigenvalue weighted by atomic mass is 10.2. The van der Waals surface area contributed by atoms with E-state index in [9.17, 15) is 13.6 Å². The van der Waals surface area contributed by atoms with Crippen LogP contribution in [-0.4, -0.2) is 22.7 Å². The lowest BCUT2D eigenvalue weighted by molar-refractivity contribution is -0.0504. The molecule has 0 radical (unpaired) electrons. The molecule has 0 saturated carbocycles. The van der Waals surface area contributed by atoms with Gasteiger partial charge >= 0.3 is 6.61 Å². The van der Waals surface area contributed by atoms with Crippen LogP contribution in [0.15, 0.2) is 24.4 Å². The predicted molar refractivity (Wildman–Crippen MR) is 72.6 cm³/mol. The van der Waals surface area contributed by atoms with Gasteiger partial charge in [0.15, 0.2) is 0 Å². The van der Waals surface area contributed by atoms with Gasteiger partial charge < -0.3 is 10.1 Å². The molecule has 2 aromatic rings. The number of carbonyl (C=O) groups is 1. The quantitative estimate of drug-likeness (QED) is 0.891. The van der Waals surface area contributed by atoms with Gasteiger partial charge in [-0.1, -0.05) is 11.6 Å². The van der Waals surface area contributed by atoms with Crippen LogP contribution in [0.25, 0.3) is 0 Å². The third-order valence-electron chi connectivity index (χ3n) is 2.75. The van der Waals surface area contributed by atoms with Gasteiger partial charge in [-0.2, -0.15) is 13.9 Å². The lowest BCUT2D eigenvalue weighted by Crippen LogP contribution is -2.23. The number of halogens is 3. The second kappa shape index (κ2) is 6.53. The molecular weight excluding hydrogens is 304 g/mol. The van der Waals surface area contributed by atoms with Crippen LogP contribution < -0.4 is 10.1 Å². The van der Waals surface area contributed by atoms with E-state index in [0.29, 0.717) is 21.8 Å². The van der Waals surface area contributed by atoms with E-state index in [0.717, 1.165) is 0 Å². The Morgan fingerprint density at radius 2 is 2.29 bits per heavy atom. The normalized spacial score (nSPS) is 10.7. The van der Waals surface area contributed by atoms with Gasteiger partial charge in [0.05, 0.1) is 11.8 Å². The maximum atomic E-state index is 12.3. The number of hydrogen-bond donors (Lipinski definition) is 2. The number of hydrogen-bond acceptors (Lipinski definition) is 3. The number of amides is 1. The highest BCUT2D eigenvalue weighted by atomic mass is 35.5. The fourth-order valence-electron chi connectivity index (χ4n) is 1.75. The molecule has 0 spiro atoms. The smallest absolute Gasteiger partial charge is 0.387 e. The maximum Gasteiger partial charge on any atom is 0.387 e. The van der Waals surface area contributed by atoms with Crippen LogP contribution in [0.2, 0.25) is 5.02 Å². The first-order chi connectivity index (χ1) is 9.97. The molecular formula is C13H12ClF2N3O2. The summed E-state index contributed by atoms with van der Waals surface area (Å²) in [5.41, 5.74) is 1.35. The van der Waals surface area contributed by atoms with Crippen molar-refractivity contribution >= 4 is 17.5 Å². The molecule has 0 saturated heterocycles. The van der Waals surface area contributed by atoms with Gasteiger partial charge in [0.25, 0.3) is 5.91 Å². The molecule has 1 heterocycles. The molecule has 1 aromatic heterocycles. The molecule has 0 atom stereocenters. The Labute approximate surface area is 124 Å². The molecule has 0 aliphatic carbocycles. The number of aromatic amines is 1. The summed E-state index contributed by atoms with van der Waals surface area (Å²) in [5.74, 6) is -0.400. The van der Waals surface area contributed by atoms with Crippen molar-refractivity contribution in [2.45, 2.75) is 20.1 Å². The van der Waals surface area contributed by atoms with Crippen LogP contribution in [0, 0.1) is 6.92 Å². The first kappa shape index (κ1) is 15.2. The van der Waals surface area contributed by atoms with Crippen LogP contribution in [0.3, 0.4) is 0 Å². The van der Waals surface area contributed by atoms with Crippen molar-refractivity contribution in [3.8, 4) is 5.75 Å². The Bertz CT molecular complexity index is 646. The second-order valence-corrected chi connectivity index (χ2v) is 4.66. The molecule has 1 aromatic carbocycles. The fourth-order valence-corrected chi connectivity index (χ4v) is 1.94.